The van der Waals surface area contributed by atoms with Crippen LogP contribution in [0.3, 0.4) is 0 Å². The first-order valence-corrected chi connectivity index (χ1v) is 6.39. The number of alkyl halides is 1. The number of ketones is 1. The van der Waals surface area contributed by atoms with E-state index in [1.165, 1.54) is 7.11 Å². The highest BCUT2D eigenvalue weighted by molar-refractivity contribution is 9.10. The van der Waals surface area contributed by atoms with E-state index in [1.54, 1.807) is 31.4 Å². The molecule has 0 aliphatic rings. The number of Topliss-reactive ketones (excluding diaryl/α,β-unsaturated/α-hetero) is 1. The number of ether oxygens (including phenoxy) is 2. The minimum Gasteiger partial charge on any atom is -0.497 e. The van der Waals surface area contributed by atoms with Gasteiger partial charge in [-0.05, 0) is 18.6 Å². The van der Waals surface area contributed by atoms with Gasteiger partial charge in [0.1, 0.15) is 5.75 Å². The van der Waals surface area contributed by atoms with Gasteiger partial charge in [-0.25, -0.2) is 0 Å². The maximum Gasteiger partial charge on any atom is 0.305 e. The maximum atomic E-state index is 12.1. The monoisotopic (exact) mass is 314 g/mol. The summed E-state index contributed by atoms with van der Waals surface area (Å²) in [5, 5.41) is 0. The minimum atomic E-state index is -0.399. The molecule has 0 aliphatic heterocycles. The van der Waals surface area contributed by atoms with Crippen LogP contribution in [-0.2, 0) is 9.53 Å². The summed E-state index contributed by atoms with van der Waals surface area (Å²) in [7, 11) is 2.88. The highest BCUT2D eigenvalue weighted by Gasteiger charge is 2.18. The molecule has 0 amide bonds. The van der Waals surface area contributed by atoms with E-state index in [2.05, 4.69) is 20.7 Å². The van der Waals surface area contributed by atoms with Gasteiger partial charge < -0.3 is 9.47 Å². The van der Waals surface area contributed by atoms with Gasteiger partial charge in [0.05, 0.1) is 19.0 Å². The Hall–Kier alpha value is -1.36. The second kappa shape index (κ2) is 7.16. The summed E-state index contributed by atoms with van der Waals surface area (Å²) in [6.45, 7) is 0. The van der Waals surface area contributed by atoms with Gasteiger partial charge >= 0.3 is 5.97 Å². The van der Waals surface area contributed by atoms with Crippen molar-refractivity contribution in [3.8, 4) is 5.75 Å². The summed E-state index contributed by atoms with van der Waals surface area (Å²) < 4.78 is 9.59. The summed E-state index contributed by atoms with van der Waals surface area (Å²) in [5.41, 5.74) is 0.557. The Labute approximate surface area is 114 Å². The summed E-state index contributed by atoms with van der Waals surface area (Å²) >= 11 is 3.29. The number of hydrogen-bond donors (Lipinski definition) is 0. The number of benzene rings is 1. The Morgan fingerprint density at radius 2 is 2.06 bits per heavy atom. The number of carbonyl (C=O) groups is 2. The first kappa shape index (κ1) is 14.7. The van der Waals surface area contributed by atoms with Crippen LogP contribution >= 0.6 is 15.9 Å². The van der Waals surface area contributed by atoms with Crippen molar-refractivity contribution in [3.63, 3.8) is 0 Å². The smallest absolute Gasteiger partial charge is 0.305 e. The SMILES string of the molecule is COC(=O)CCC(Br)C(=O)c1cccc(OC)c1. The molecule has 0 saturated heterocycles. The zero-order chi connectivity index (χ0) is 13.5. The maximum absolute atomic E-state index is 12.1. The quantitative estimate of drug-likeness (QED) is 0.460. The molecule has 4 nitrogen and oxygen atoms in total. The van der Waals surface area contributed by atoms with Crippen molar-refractivity contribution in [2.75, 3.05) is 14.2 Å². The zero-order valence-corrected chi connectivity index (χ0v) is 11.9. The summed E-state index contributed by atoms with van der Waals surface area (Å²) in [6, 6.07) is 6.92. The largest absolute Gasteiger partial charge is 0.497 e. The number of carbonyl (C=O) groups excluding carboxylic acids is 2. The van der Waals surface area contributed by atoms with Crippen molar-refractivity contribution in [2.24, 2.45) is 0 Å². The Kier molecular flexibility index (Phi) is 5.85. The number of esters is 1. The van der Waals surface area contributed by atoms with E-state index in [0.29, 0.717) is 17.7 Å². The number of rotatable bonds is 6. The van der Waals surface area contributed by atoms with Crippen molar-refractivity contribution < 1.29 is 19.1 Å². The molecule has 0 aliphatic carbocycles. The molecule has 1 rings (SSSR count). The van der Waals surface area contributed by atoms with Crippen LogP contribution in [-0.4, -0.2) is 30.8 Å². The van der Waals surface area contributed by atoms with Crippen LogP contribution in [0.25, 0.3) is 0 Å². The van der Waals surface area contributed by atoms with E-state index < -0.39 is 4.83 Å². The molecule has 0 radical (unpaired) electrons. The van der Waals surface area contributed by atoms with Gasteiger partial charge in [0.25, 0.3) is 0 Å². The second-order valence-corrected chi connectivity index (χ2v) is 4.78. The fourth-order valence-electron chi connectivity index (χ4n) is 1.43. The van der Waals surface area contributed by atoms with Crippen LogP contribution in [0.5, 0.6) is 5.75 Å². The van der Waals surface area contributed by atoms with Gasteiger partial charge in [0.15, 0.2) is 5.78 Å². The summed E-state index contributed by atoms with van der Waals surface area (Å²) in [4.78, 5) is 22.7. The van der Waals surface area contributed by atoms with Gasteiger partial charge in [-0.3, -0.25) is 9.59 Å². The molecule has 1 aromatic rings. The molecule has 5 heteroatoms. The van der Waals surface area contributed by atoms with Crippen LogP contribution in [0.1, 0.15) is 23.2 Å². The number of hydrogen-bond acceptors (Lipinski definition) is 4. The van der Waals surface area contributed by atoms with Crippen LogP contribution in [0.2, 0.25) is 0 Å². The molecule has 18 heavy (non-hydrogen) atoms. The molecule has 0 heterocycles. The first-order valence-electron chi connectivity index (χ1n) is 5.47. The lowest BCUT2D eigenvalue weighted by atomic mass is 10.1. The minimum absolute atomic E-state index is 0.0715. The van der Waals surface area contributed by atoms with E-state index in [1.807, 2.05) is 0 Å². The third-order valence-electron chi connectivity index (χ3n) is 2.47. The highest BCUT2D eigenvalue weighted by atomic mass is 79.9. The predicted octanol–water partition coefficient (Wildman–Crippen LogP) is 2.59. The van der Waals surface area contributed by atoms with E-state index in [9.17, 15) is 9.59 Å². The van der Waals surface area contributed by atoms with E-state index >= 15 is 0 Å². The van der Waals surface area contributed by atoms with Gasteiger partial charge in [-0.15, -0.1) is 0 Å². The van der Waals surface area contributed by atoms with Crippen molar-refractivity contribution in [3.05, 3.63) is 29.8 Å². The molecule has 98 valence electrons. The molecule has 0 spiro atoms. The van der Waals surface area contributed by atoms with E-state index in [-0.39, 0.29) is 18.2 Å². The van der Waals surface area contributed by atoms with Gasteiger partial charge in [0, 0.05) is 12.0 Å². The van der Waals surface area contributed by atoms with Crippen molar-refractivity contribution >= 4 is 27.7 Å². The Balaban J connectivity index is 2.65. The summed E-state index contributed by atoms with van der Waals surface area (Å²) in [6.07, 6.45) is 0.616. The van der Waals surface area contributed by atoms with Crippen LogP contribution in [0, 0.1) is 0 Å². The fourth-order valence-corrected chi connectivity index (χ4v) is 1.93. The molecular formula is C13H15BrO4. The molecule has 1 aromatic carbocycles. The Bertz CT molecular complexity index is 431. The number of methoxy groups -OCH3 is 2. The van der Waals surface area contributed by atoms with Crippen LogP contribution in [0.4, 0.5) is 0 Å². The van der Waals surface area contributed by atoms with Gasteiger partial charge in [-0.2, -0.15) is 0 Å². The molecular weight excluding hydrogens is 300 g/mol. The summed E-state index contributed by atoms with van der Waals surface area (Å²) in [5.74, 6) is 0.240. The Morgan fingerprint density at radius 3 is 2.67 bits per heavy atom. The predicted molar refractivity (Wildman–Crippen MR) is 71.3 cm³/mol. The standard InChI is InChI=1S/C13H15BrO4/c1-17-10-5-3-4-9(8-10)13(16)11(14)6-7-12(15)18-2/h3-5,8,11H,6-7H2,1-2H3. The average Bonchev–Trinajstić information content (AvgIpc) is 2.43. The topological polar surface area (TPSA) is 52.6 Å². The van der Waals surface area contributed by atoms with Crippen molar-refractivity contribution in [2.45, 2.75) is 17.7 Å². The van der Waals surface area contributed by atoms with E-state index in [0.717, 1.165) is 0 Å². The van der Waals surface area contributed by atoms with Gasteiger partial charge in [0.2, 0.25) is 0 Å². The number of halogens is 1. The second-order valence-electron chi connectivity index (χ2n) is 3.68. The van der Waals surface area contributed by atoms with Crippen molar-refractivity contribution in [1.29, 1.82) is 0 Å². The molecule has 0 N–H and O–H groups in total. The van der Waals surface area contributed by atoms with Crippen LogP contribution in [0.15, 0.2) is 24.3 Å². The lowest BCUT2D eigenvalue weighted by Gasteiger charge is -2.09. The lowest BCUT2D eigenvalue weighted by molar-refractivity contribution is -0.140. The van der Waals surface area contributed by atoms with Crippen LogP contribution < -0.4 is 4.74 Å². The zero-order valence-electron chi connectivity index (χ0n) is 10.3. The van der Waals surface area contributed by atoms with Gasteiger partial charge in [-0.1, -0.05) is 28.1 Å². The third-order valence-corrected chi connectivity index (χ3v) is 3.34. The van der Waals surface area contributed by atoms with Crippen molar-refractivity contribution in [1.82, 2.24) is 0 Å². The fraction of sp³-hybridized carbons (Fsp3) is 0.385. The molecule has 1 unspecified atom stereocenters. The Morgan fingerprint density at radius 1 is 1.33 bits per heavy atom. The molecule has 0 bridgehead atoms. The molecule has 0 saturated carbocycles. The lowest BCUT2D eigenvalue weighted by Crippen LogP contribution is -2.16. The third kappa shape index (κ3) is 4.14. The average molecular weight is 315 g/mol. The first-order chi connectivity index (χ1) is 8.58. The molecule has 0 fully saturated rings. The normalized spacial score (nSPS) is 11.7. The highest BCUT2D eigenvalue weighted by Crippen LogP contribution is 2.19. The molecule has 0 aromatic heterocycles. The van der Waals surface area contributed by atoms with E-state index in [4.69, 9.17) is 4.74 Å². The molecule has 1 atom stereocenters.